The normalized spacial score (nSPS) is 15.6. The van der Waals surface area contributed by atoms with Crippen molar-refractivity contribution < 1.29 is 93.2 Å². The molecule has 0 saturated carbocycles. The van der Waals surface area contributed by atoms with Gasteiger partial charge in [0, 0.05) is 0 Å². The van der Waals surface area contributed by atoms with Crippen LogP contribution in [0.3, 0.4) is 0 Å². The van der Waals surface area contributed by atoms with Crippen LogP contribution in [0.4, 0.5) is 0 Å². The van der Waals surface area contributed by atoms with E-state index in [-0.39, 0.29) is 0 Å². The summed E-state index contributed by atoms with van der Waals surface area (Å²) in [4.78, 5) is 117. The highest BCUT2D eigenvalue weighted by Crippen LogP contribution is 2.32. The first-order valence-corrected chi connectivity index (χ1v) is 36.9. The lowest BCUT2D eigenvalue weighted by atomic mass is 10.4. The van der Waals surface area contributed by atoms with Gasteiger partial charge in [0.2, 0.25) is 0 Å². The van der Waals surface area contributed by atoms with Crippen molar-refractivity contribution in [3.63, 3.8) is 0 Å². The van der Waals surface area contributed by atoms with Crippen LogP contribution in [0.15, 0.2) is 243 Å². The molecule has 0 aliphatic carbocycles. The molecule has 76 heavy (non-hydrogen) atoms. The Labute approximate surface area is 445 Å². The van der Waals surface area contributed by atoms with Crippen molar-refractivity contribution in [2.45, 2.75) is 0 Å². The quantitative estimate of drug-likeness (QED) is 0.0632. The smallest absolute Gasteiger partial charge is 0.402 e. The maximum Gasteiger partial charge on any atom is 0.668 e. The lowest BCUT2D eigenvalue weighted by Gasteiger charge is -2.53. The van der Waals surface area contributed by atoms with E-state index in [1.165, 1.54) is 0 Å². The van der Waals surface area contributed by atoms with E-state index in [1.807, 2.05) is 48.5 Å². The summed E-state index contributed by atoms with van der Waals surface area (Å²) in [6.45, 7) is 0. The van der Waals surface area contributed by atoms with E-state index >= 15 is 0 Å². The largest absolute Gasteiger partial charge is 0.668 e. The molecule has 1 aliphatic rings. The third-order valence-electron chi connectivity index (χ3n) is 10.4. The van der Waals surface area contributed by atoms with Gasteiger partial charge in [-0.1, -0.05) is 243 Å². The highest BCUT2D eigenvalue weighted by atomic mass is 28.5. The van der Waals surface area contributed by atoms with Crippen LogP contribution in [0.25, 0.3) is 0 Å². The third-order valence-corrected chi connectivity index (χ3v) is 28.3. The maximum atomic E-state index is 8.43. The zero-order valence-electron chi connectivity index (χ0n) is 39.9. The van der Waals surface area contributed by atoms with E-state index < -0.39 is 70.4 Å². The Kier molecular flexibility index (Phi) is 21.7. The van der Waals surface area contributed by atoms with E-state index in [2.05, 4.69) is 194 Å². The summed E-state index contributed by atoms with van der Waals surface area (Å²) in [5.74, 6) is 0. The molecule has 20 nitrogen and oxygen atoms in total. The number of hydrogen-bond acceptors (Lipinski definition) is 20. The number of rotatable bonds is 8. The van der Waals surface area contributed by atoms with E-state index in [4.69, 9.17) is 93.2 Å². The summed E-state index contributed by atoms with van der Waals surface area (Å²) >= 11 is 0. The minimum atomic E-state index is -4.61. The molecule has 9 rings (SSSR count). The molecule has 16 N–H and O–H groups in total. The van der Waals surface area contributed by atoms with Crippen molar-refractivity contribution >= 4 is 112 Å². The van der Waals surface area contributed by atoms with Gasteiger partial charge in [-0.2, -0.15) is 0 Å². The fourth-order valence-corrected chi connectivity index (χ4v) is 30.3. The Morgan fingerprint density at radius 2 is 0.250 bits per heavy atom. The molecule has 0 atom stereocenters. The standard InChI is InChI=1S/C48H40O4Si4.4H4O4Si/c1-9-25-41(26-10-1)53(42-27-11-2-12-28-42)49-54(43-29-13-3-14-30-43,44-31-15-4-16-32-44)51-56(47-37-21-7-22-38-47,48-39-23-8-24-40-48)52-55(50-53,45-33-17-5-18-34-45)46-35-19-6-20-36-46;4*1-5(2,3)4/h1-40H;4*1-4H. The van der Waals surface area contributed by atoms with Crippen LogP contribution < -0.4 is 41.5 Å². The lowest BCUT2D eigenvalue weighted by molar-refractivity contribution is 0.115. The van der Waals surface area contributed by atoms with Gasteiger partial charge >= 0.3 is 70.4 Å². The Balaban J connectivity index is 0.000000457. The first kappa shape index (κ1) is 61.5. The van der Waals surface area contributed by atoms with Crippen LogP contribution in [-0.4, -0.2) is 147 Å². The Bertz CT molecular complexity index is 2310. The minimum absolute atomic E-state index is 0.972. The van der Waals surface area contributed by atoms with Gasteiger partial charge in [0.25, 0.3) is 0 Å². The molecule has 400 valence electrons. The van der Waals surface area contributed by atoms with Crippen molar-refractivity contribution in [3.05, 3.63) is 243 Å². The summed E-state index contributed by atoms with van der Waals surface area (Å²) in [5.41, 5.74) is 0. The molecule has 0 amide bonds. The van der Waals surface area contributed by atoms with Crippen molar-refractivity contribution in [1.82, 2.24) is 0 Å². The molecule has 1 aliphatic heterocycles. The van der Waals surface area contributed by atoms with Crippen LogP contribution in [-0.2, 0) is 16.5 Å². The third kappa shape index (κ3) is 18.4. The average molecular weight is 1180 g/mol. The molecular formula is C48H56O20Si8. The Hall–Kier alpha value is -5.30. The van der Waals surface area contributed by atoms with Gasteiger partial charge in [-0.15, -0.1) is 0 Å². The molecule has 0 radical (unpaired) electrons. The predicted molar refractivity (Wildman–Crippen MR) is 294 cm³/mol. The van der Waals surface area contributed by atoms with Crippen LogP contribution in [0.2, 0.25) is 0 Å². The van der Waals surface area contributed by atoms with E-state index in [0.717, 1.165) is 41.5 Å². The fraction of sp³-hybridized carbons (Fsp3) is 0. The number of benzene rings is 8. The average Bonchev–Trinajstić information content (AvgIpc) is 3.37. The maximum absolute atomic E-state index is 8.43. The Morgan fingerprint density at radius 3 is 0.329 bits per heavy atom. The second-order valence-electron chi connectivity index (χ2n) is 16.2. The van der Waals surface area contributed by atoms with Crippen molar-refractivity contribution in [1.29, 1.82) is 0 Å². The highest BCUT2D eigenvalue weighted by molar-refractivity contribution is 7.16. The topological polar surface area (TPSA) is 361 Å². The van der Waals surface area contributed by atoms with Crippen LogP contribution in [0.5, 0.6) is 0 Å². The van der Waals surface area contributed by atoms with Gasteiger partial charge < -0.3 is 93.2 Å². The SMILES string of the molecule is O[Si](O)(O)O.O[Si](O)(O)O.O[Si](O)(O)O.O[Si](O)(O)O.c1ccc([Si]2(c3ccccc3)O[Si](c3ccccc3)(c3ccccc3)O[Si](c3ccccc3)(c3ccccc3)O[Si](c3ccccc3)(c3ccccc3)O2)cc1. The second-order valence-corrected chi connectivity index (χ2v) is 33.8. The summed E-state index contributed by atoms with van der Waals surface area (Å²) < 4.78 is 33.7. The first-order chi connectivity index (χ1) is 35.7. The molecule has 1 fully saturated rings. The van der Waals surface area contributed by atoms with Gasteiger partial charge in [-0.25, -0.2) is 0 Å². The molecule has 8 aromatic rings. The minimum Gasteiger partial charge on any atom is -0.402 e. The van der Waals surface area contributed by atoms with Crippen LogP contribution >= 0.6 is 0 Å². The van der Waals surface area contributed by atoms with Gasteiger partial charge in [0.1, 0.15) is 0 Å². The van der Waals surface area contributed by atoms with Crippen molar-refractivity contribution in [3.8, 4) is 0 Å². The summed E-state index contributed by atoms with van der Waals surface area (Å²) in [6, 6.07) is 84.2. The molecule has 8 aromatic carbocycles. The molecule has 28 heteroatoms. The van der Waals surface area contributed by atoms with Crippen molar-refractivity contribution in [2.75, 3.05) is 0 Å². The zero-order chi connectivity index (χ0) is 55.7. The molecule has 1 heterocycles. The number of hydrogen-bond donors (Lipinski definition) is 16. The van der Waals surface area contributed by atoms with Crippen molar-refractivity contribution in [2.24, 2.45) is 0 Å². The predicted octanol–water partition coefficient (Wildman–Crippen LogP) is -5.34. The fourth-order valence-electron chi connectivity index (χ4n) is 7.76. The molecule has 1 saturated heterocycles. The summed E-state index contributed by atoms with van der Waals surface area (Å²) in [5, 5.41) is 7.77. The molecular weight excluding hydrogens is 1120 g/mol. The van der Waals surface area contributed by atoms with Gasteiger partial charge in [-0.05, 0) is 41.5 Å². The first-order valence-electron chi connectivity index (χ1n) is 22.5. The molecule has 0 bridgehead atoms. The van der Waals surface area contributed by atoms with Gasteiger partial charge in [-0.3, -0.25) is 0 Å². The van der Waals surface area contributed by atoms with Gasteiger partial charge in [0.15, 0.2) is 0 Å². The van der Waals surface area contributed by atoms with Gasteiger partial charge in [0.05, 0.1) is 0 Å². The zero-order valence-corrected chi connectivity index (χ0v) is 47.9. The second kappa shape index (κ2) is 26.8. The van der Waals surface area contributed by atoms with E-state index in [1.54, 1.807) is 0 Å². The molecule has 0 aromatic heterocycles. The molecule has 0 spiro atoms. The molecule has 0 unspecified atom stereocenters. The van der Waals surface area contributed by atoms with E-state index in [9.17, 15) is 0 Å². The van der Waals surface area contributed by atoms with E-state index in [0.29, 0.717) is 0 Å². The van der Waals surface area contributed by atoms with Crippen LogP contribution in [0.1, 0.15) is 0 Å². The summed E-state index contributed by atoms with van der Waals surface area (Å²) in [6.07, 6.45) is 0. The van der Waals surface area contributed by atoms with Crippen LogP contribution in [0, 0.1) is 0 Å². The lowest BCUT2D eigenvalue weighted by Crippen LogP contribution is -2.88. The monoisotopic (exact) mass is 1180 g/mol. The highest BCUT2D eigenvalue weighted by Gasteiger charge is 2.68. The summed E-state index contributed by atoms with van der Waals surface area (Å²) in [7, 11) is -34.0. The Morgan fingerprint density at radius 1 is 0.171 bits per heavy atom.